The first kappa shape index (κ1) is 21.1. The van der Waals surface area contributed by atoms with Crippen molar-refractivity contribution in [3.05, 3.63) is 23.0 Å². The molecule has 1 aliphatic rings. The van der Waals surface area contributed by atoms with Crippen LogP contribution in [-0.4, -0.2) is 41.2 Å². The van der Waals surface area contributed by atoms with E-state index in [0.29, 0.717) is 11.5 Å². The minimum absolute atomic E-state index is 0.00549. The van der Waals surface area contributed by atoms with E-state index in [1.165, 1.54) is 7.11 Å². The van der Waals surface area contributed by atoms with Crippen LogP contribution in [0, 0.1) is 0 Å². The molecule has 0 saturated carbocycles. The Bertz CT molecular complexity index is 596. The Morgan fingerprint density at radius 3 is 1.52 bits per heavy atom. The summed E-state index contributed by atoms with van der Waals surface area (Å²) >= 11 is 0. The third-order valence-electron chi connectivity index (χ3n) is 2.71. The van der Waals surface area contributed by atoms with Crippen molar-refractivity contribution >= 4 is 28.9 Å². The summed E-state index contributed by atoms with van der Waals surface area (Å²) in [5.41, 5.74) is 0. The van der Waals surface area contributed by atoms with Crippen LogP contribution in [0.4, 0.5) is 9.59 Å². The lowest BCUT2D eigenvalue weighted by molar-refractivity contribution is 0.0776. The molecule has 25 heavy (non-hydrogen) atoms. The van der Waals surface area contributed by atoms with Crippen LogP contribution in [0.5, 0.6) is 0 Å². The van der Waals surface area contributed by atoms with Gasteiger partial charge in [-0.25, -0.2) is 9.59 Å². The lowest BCUT2D eigenvalue weighted by Gasteiger charge is -2.31. The molecule has 0 aromatic carbocycles. The van der Waals surface area contributed by atoms with Gasteiger partial charge in [-0.05, 0) is 39.3 Å². The number of hydrogen-bond acceptors (Lipinski definition) is 7. The van der Waals surface area contributed by atoms with E-state index in [4.69, 9.17) is 23.4 Å². The van der Waals surface area contributed by atoms with E-state index >= 15 is 0 Å². The smallest absolute Gasteiger partial charge is 0.513 e. The summed E-state index contributed by atoms with van der Waals surface area (Å²) in [4.78, 5) is 22.4. The normalized spacial score (nSPS) is 15.6. The highest BCUT2D eigenvalue weighted by Gasteiger charge is 2.33. The summed E-state index contributed by atoms with van der Waals surface area (Å²) in [5.74, 6) is 1.10. The predicted octanol–water partition coefficient (Wildman–Crippen LogP) is 4.38. The third-order valence-corrected chi connectivity index (χ3v) is 4.42. The summed E-state index contributed by atoms with van der Waals surface area (Å²) in [6.07, 6.45) is -2.36. The van der Waals surface area contributed by atoms with Gasteiger partial charge >= 0.3 is 12.3 Å². The number of rotatable bonds is 6. The van der Waals surface area contributed by atoms with Gasteiger partial charge in [-0.15, -0.1) is 0 Å². The highest BCUT2D eigenvalue weighted by molar-refractivity contribution is 6.70. The summed E-state index contributed by atoms with van der Waals surface area (Å²) in [6, 6.07) is 0. The highest BCUT2D eigenvalue weighted by Crippen LogP contribution is 2.36. The zero-order valence-electron chi connectivity index (χ0n) is 15.7. The minimum Gasteiger partial charge on any atom is -0.545 e. The molecular weight excluding hydrogens is 364 g/mol. The van der Waals surface area contributed by atoms with E-state index in [9.17, 15) is 9.59 Å². The van der Waals surface area contributed by atoms with Gasteiger partial charge in [0, 0.05) is 0 Å². The fourth-order valence-electron chi connectivity index (χ4n) is 2.04. The van der Waals surface area contributed by atoms with Crippen molar-refractivity contribution in [2.24, 2.45) is 0 Å². The van der Waals surface area contributed by atoms with Crippen LogP contribution in [0.1, 0.15) is 12.8 Å². The zero-order chi connectivity index (χ0) is 19.4. The fraction of sp³-hybridized carbons (Fsp3) is 0.600. The van der Waals surface area contributed by atoms with E-state index in [1.807, 2.05) is 39.3 Å². The van der Waals surface area contributed by atoms with E-state index in [1.54, 1.807) is 0 Å². The molecule has 1 aliphatic carbocycles. The van der Waals surface area contributed by atoms with Crippen LogP contribution >= 0.6 is 0 Å². The quantitative estimate of drug-likeness (QED) is 0.526. The molecule has 0 bridgehead atoms. The Balaban J connectivity index is 3.22. The molecular formula is C15H26O8Si2. The molecule has 0 aliphatic heterocycles. The molecule has 0 aromatic heterocycles. The van der Waals surface area contributed by atoms with Crippen molar-refractivity contribution in [1.82, 2.24) is 0 Å². The molecule has 0 spiro atoms. The summed E-state index contributed by atoms with van der Waals surface area (Å²) < 4.78 is 26.5. The topological polar surface area (TPSA) is 101 Å². The maximum absolute atomic E-state index is 11.5. The molecule has 8 nitrogen and oxygen atoms in total. The minimum atomic E-state index is -1.97. The molecule has 1 rings (SSSR count). The average Bonchev–Trinajstić information content (AvgIpc) is 2.39. The molecule has 0 unspecified atom stereocenters. The van der Waals surface area contributed by atoms with Gasteiger partial charge in [-0.2, -0.15) is 0 Å². The number of carboxylic acid groups (broad SMARTS) is 1. The van der Waals surface area contributed by atoms with Crippen LogP contribution in [0.25, 0.3) is 0 Å². The maximum atomic E-state index is 11.5. The second-order valence-corrected chi connectivity index (χ2v) is 16.3. The Morgan fingerprint density at radius 2 is 1.20 bits per heavy atom. The number of ether oxygens (including phenoxy) is 3. The monoisotopic (exact) mass is 390 g/mol. The third kappa shape index (κ3) is 7.65. The maximum Gasteiger partial charge on any atom is 0.513 e. The molecule has 142 valence electrons. The summed E-state index contributed by atoms with van der Waals surface area (Å²) in [7, 11) is -2.78. The molecule has 0 heterocycles. The van der Waals surface area contributed by atoms with Gasteiger partial charge < -0.3 is 28.2 Å². The first-order valence-electron chi connectivity index (χ1n) is 7.79. The van der Waals surface area contributed by atoms with Crippen molar-refractivity contribution in [3.8, 4) is 0 Å². The van der Waals surface area contributed by atoms with Gasteiger partial charge in [0.25, 0.3) is 0 Å². The summed E-state index contributed by atoms with van der Waals surface area (Å²) in [5, 5.41) is 8.95. The molecule has 10 heteroatoms. The Labute approximate surface area is 149 Å². The van der Waals surface area contributed by atoms with Crippen LogP contribution in [0.15, 0.2) is 23.0 Å². The largest absolute Gasteiger partial charge is 0.545 e. The van der Waals surface area contributed by atoms with Gasteiger partial charge in [0.2, 0.25) is 16.6 Å². The number of hydrogen-bond donors (Lipinski definition) is 1. The molecule has 0 fully saturated rings. The van der Waals surface area contributed by atoms with Crippen molar-refractivity contribution in [1.29, 1.82) is 0 Å². The van der Waals surface area contributed by atoms with Gasteiger partial charge in [0.1, 0.15) is 11.5 Å². The van der Waals surface area contributed by atoms with Crippen molar-refractivity contribution in [2.45, 2.75) is 52.1 Å². The van der Waals surface area contributed by atoms with Crippen molar-refractivity contribution in [3.63, 3.8) is 0 Å². The van der Waals surface area contributed by atoms with Gasteiger partial charge in [-0.3, -0.25) is 0 Å². The molecule has 0 saturated heterocycles. The van der Waals surface area contributed by atoms with Gasteiger partial charge in [0.05, 0.1) is 20.0 Å². The van der Waals surface area contributed by atoms with E-state index in [2.05, 4.69) is 4.74 Å². The highest BCUT2D eigenvalue weighted by atomic mass is 28.4. The van der Waals surface area contributed by atoms with Crippen LogP contribution in [0.3, 0.4) is 0 Å². The lowest BCUT2D eigenvalue weighted by Crippen LogP contribution is -2.31. The van der Waals surface area contributed by atoms with Gasteiger partial charge in [0.15, 0.2) is 11.5 Å². The van der Waals surface area contributed by atoms with E-state index in [-0.39, 0.29) is 24.4 Å². The fourth-order valence-corrected chi connectivity index (χ4v) is 3.90. The molecule has 0 aromatic rings. The molecule has 0 atom stereocenters. The predicted molar refractivity (Wildman–Crippen MR) is 94.7 cm³/mol. The average molecular weight is 391 g/mol. The van der Waals surface area contributed by atoms with Crippen LogP contribution < -0.4 is 0 Å². The van der Waals surface area contributed by atoms with Gasteiger partial charge in [-0.1, -0.05) is 0 Å². The van der Waals surface area contributed by atoms with Crippen molar-refractivity contribution in [2.75, 3.05) is 7.11 Å². The molecule has 0 amide bonds. The number of carbonyl (C=O) groups excluding carboxylic acids is 1. The standard InChI is InChI=1S/C15H26O8Si2/c1-19-15(18)21-11-9-13(23-25(5,6)7)12(22-24(2,3)4)8-10(11)20-14(16)17/h8-9H2,1-7H3,(H,16,17). The summed E-state index contributed by atoms with van der Waals surface area (Å²) in [6.45, 7) is 12.1. The van der Waals surface area contributed by atoms with Crippen LogP contribution in [-0.2, 0) is 23.1 Å². The number of carbonyl (C=O) groups is 2. The second kappa shape index (κ2) is 7.96. The first-order chi connectivity index (χ1) is 11.3. The Hall–Kier alpha value is -1.95. The lowest BCUT2D eigenvalue weighted by atomic mass is 10.1. The first-order valence-corrected chi connectivity index (χ1v) is 14.6. The molecule has 0 radical (unpaired) electrons. The van der Waals surface area contributed by atoms with Crippen LogP contribution in [0.2, 0.25) is 39.3 Å². The molecule has 1 N–H and O–H groups in total. The Kier molecular flexibility index (Phi) is 6.71. The zero-order valence-corrected chi connectivity index (χ0v) is 17.7. The number of methoxy groups -OCH3 is 1. The SMILES string of the molecule is COC(=O)OC1=C(OC(=O)O)CC(O[Si](C)(C)C)=C(O[Si](C)(C)C)C1. The Morgan fingerprint density at radius 1 is 0.800 bits per heavy atom. The van der Waals surface area contributed by atoms with E-state index < -0.39 is 28.9 Å². The van der Waals surface area contributed by atoms with E-state index in [0.717, 1.165) is 0 Å². The second-order valence-electron chi connectivity index (χ2n) is 7.40. The van der Waals surface area contributed by atoms with Crippen molar-refractivity contribution < 1.29 is 37.8 Å².